The van der Waals surface area contributed by atoms with Crippen LogP contribution in [-0.4, -0.2) is 19.1 Å². The molecule has 1 unspecified atom stereocenters. The van der Waals surface area contributed by atoms with Crippen LogP contribution in [-0.2, 0) is 15.1 Å². The Morgan fingerprint density at radius 3 is 2.50 bits per heavy atom. The molecule has 1 aliphatic rings. The van der Waals surface area contributed by atoms with Crippen molar-refractivity contribution in [2.24, 2.45) is 17.4 Å². The molecule has 1 aromatic carbocycles. The number of carbonyl (C=O) groups excluding carboxylic acids is 1. The van der Waals surface area contributed by atoms with Crippen LogP contribution < -0.4 is 11.5 Å². The highest BCUT2D eigenvalue weighted by molar-refractivity contribution is 5.85. The van der Waals surface area contributed by atoms with Gasteiger partial charge in [0.25, 0.3) is 0 Å². The van der Waals surface area contributed by atoms with Crippen LogP contribution in [0.25, 0.3) is 0 Å². The zero-order chi connectivity index (χ0) is 14.4. The fraction of sp³-hybridized carbons (Fsp3) is 0.562. The van der Waals surface area contributed by atoms with E-state index < -0.39 is 11.4 Å². The maximum Gasteiger partial charge on any atom is 0.242 e. The lowest BCUT2D eigenvalue weighted by atomic mass is 9.83. The van der Waals surface area contributed by atoms with E-state index in [1.807, 2.05) is 30.3 Å². The second kappa shape index (κ2) is 6.86. The quantitative estimate of drug-likeness (QED) is 0.712. The number of hydrogen-bond acceptors (Lipinski definition) is 3. The third-order valence-corrected chi connectivity index (χ3v) is 4.26. The van der Waals surface area contributed by atoms with Crippen molar-refractivity contribution in [1.82, 2.24) is 0 Å². The summed E-state index contributed by atoms with van der Waals surface area (Å²) in [7, 11) is 0. The van der Waals surface area contributed by atoms with E-state index in [0.717, 1.165) is 24.5 Å². The molecule has 1 fully saturated rings. The first-order valence-electron chi connectivity index (χ1n) is 7.35. The van der Waals surface area contributed by atoms with Crippen molar-refractivity contribution in [3.05, 3.63) is 35.9 Å². The van der Waals surface area contributed by atoms with E-state index in [-0.39, 0.29) is 0 Å². The summed E-state index contributed by atoms with van der Waals surface area (Å²) in [5, 5.41) is 0. The number of carbonyl (C=O) groups is 1. The van der Waals surface area contributed by atoms with Gasteiger partial charge in [-0.1, -0.05) is 49.6 Å². The first-order chi connectivity index (χ1) is 9.63. The number of ether oxygens (including phenoxy) is 1. The largest absolute Gasteiger partial charge is 0.381 e. The molecule has 1 aromatic rings. The molecule has 1 saturated carbocycles. The summed E-state index contributed by atoms with van der Waals surface area (Å²) >= 11 is 0. The molecule has 1 aliphatic carbocycles. The summed E-state index contributed by atoms with van der Waals surface area (Å²) in [6.45, 7) is 1.20. The molecule has 110 valence electrons. The normalized spacial score (nSPS) is 18.2. The summed E-state index contributed by atoms with van der Waals surface area (Å²) in [4.78, 5) is 11.7. The van der Waals surface area contributed by atoms with Crippen molar-refractivity contribution < 1.29 is 9.53 Å². The molecule has 20 heavy (non-hydrogen) atoms. The van der Waals surface area contributed by atoms with Gasteiger partial charge in [-0.3, -0.25) is 4.79 Å². The van der Waals surface area contributed by atoms with Crippen molar-refractivity contribution in [2.75, 3.05) is 13.2 Å². The molecule has 0 radical (unpaired) electrons. The van der Waals surface area contributed by atoms with Gasteiger partial charge in [0.2, 0.25) is 5.91 Å². The van der Waals surface area contributed by atoms with Crippen molar-refractivity contribution in [3.8, 4) is 0 Å². The Bertz CT molecular complexity index is 431. The topological polar surface area (TPSA) is 78.3 Å². The van der Waals surface area contributed by atoms with Gasteiger partial charge in [0.05, 0.1) is 0 Å². The summed E-state index contributed by atoms with van der Waals surface area (Å²) in [5.74, 6) is 0.328. The van der Waals surface area contributed by atoms with E-state index in [2.05, 4.69) is 0 Å². The molecule has 0 aromatic heterocycles. The molecule has 4 N–H and O–H groups in total. The average molecular weight is 276 g/mol. The van der Waals surface area contributed by atoms with E-state index in [1.54, 1.807) is 0 Å². The second-order valence-corrected chi connectivity index (χ2v) is 5.65. The molecule has 0 spiro atoms. The van der Waals surface area contributed by atoms with Crippen LogP contribution in [0.2, 0.25) is 0 Å². The molecule has 0 heterocycles. The SMILES string of the molecule is NC(=O)C(N)(CCOCCC1CCC1)c1ccccc1. The lowest BCUT2D eigenvalue weighted by Gasteiger charge is -2.27. The molecule has 2 rings (SSSR count). The minimum Gasteiger partial charge on any atom is -0.381 e. The number of rotatable bonds is 8. The van der Waals surface area contributed by atoms with Gasteiger partial charge in [0.1, 0.15) is 5.54 Å². The van der Waals surface area contributed by atoms with Crippen LogP contribution in [0.5, 0.6) is 0 Å². The number of amides is 1. The molecule has 0 bridgehead atoms. The van der Waals surface area contributed by atoms with E-state index >= 15 is 0 Å². The molecular formula is C16H24N2O2. The minimum absolute atomic E-state index is 0.414. The highest BCUT2D eigenvalue weighted by Crippen LogP contribution is 2.29. The van der Waals surface area contributed by atoms with Crippen LogP contribution >= 0.6 is 0 Å². The molecular weight excluding hydrogens is 252 g/mol. The van der Waals surface area contributed by atoms with Crippen LogP contribution in [0.4, 0.5) is 0 Å². The van der Waals surface area contributed by atoms with Gasteiger partial charge in [-0.2, -0.15) is 0 Å². The Morgan fingerprint density at radius 2 is 1.95 bits per heavy atom. The molecule has 4 heteroatoms. The zero-order valence-electron chi connectivity index (χ0n) is 11.9. The van der Waals surface area contributed by atoms with Crippen molar-refractivity contribution in [1.29, 1.82) is 0 Å². The third-order valence-electron chi connectivity index (χ3n) is 4.26. The van der Waals surface area contributed by atoms with Crippen LogP contribution in [0.3, 0.4) is 0 Å². The maximum atomic E-state index is 11.7. The Labute approximate surface area is 120 Å². The number of primary amides is 1. The van der Waals surface area contributed by atoms with E-state index in [4.69, 9.17) is 16.2 Å². The standard InChI is InChI=1S/C16H24N2O2/c17-15(19)16(18,14-7-2-1-3-8-14)10-12-20-11-9-13-5-4-6-13/h1-3,7-8,13H,4-6,9-12,18H2,(H2,17,19). The van der Waals surface area contributed by atoms with Gasteiger partial charge in [0, 0.05) is 19.6 Å². The van der Waals surface area contributed by atoms with Gasteiger partial charge >= 0.3 is 0 Å². The number of benzene rings is 1. The Balaban J connectivity index is 1.81. The van der Waals surface area contributed by atoms with Crippen LogP contribution in [0, 0.1) is 5.92 Å². The van der Waals surface area contributed by atoms with Gasteiger partial charge in [-0.25, -0.2) is 0 Å². The van der Waals surface area contributed by atoms with Crippen molar-refractivity contribution >= 4 is 5.91 Å². The van der Waals surface area contributed by atoms with Gasteiger partial charge in [0.15, 0.2) is 0 Å². The second-order valence-electron chi connectivity index (χ2n) is 5.65. The van der Waals surface area contributed by atoms with Gasteiger partial charge in [-0.05, 0) is 17.9 Å². The van der Waals surface area contributed by atoms with Crippen molar-refractivity contribution in [2.45, 2.75) is 37.6 Å². The van der Waals surface area contributed by atoms with Gasteiger partial charge in [-0.15, -0.1) is 0 Å². The first-order valence-corrected chi connectivity index (χ1v) is 7.35. The maximum absolute atomic E-state index is 11.7. The molecule has 1 atom stereocenters. The first kappa shape index (κ1) is 15.0. The van der Waals surface area contributed by atoms with E-state index in [1.165, 1.54) is 19.3 Å². The monoisotopic (exact) mass is 276 g/mol. The van der Waals surface area contributed by atoms with Crippen LogP contribution in [0.1, 0.15) is 37.7 Å². The number of hydrogen-bond donors (Lipinski definition) is 2. The molecule has 0 aliphatic heterocycles. The Hall–Kier alpha value is -1.39. The molecule has 4 nitrogen and oxygen atoms in total. The summed E-state index contributed by atoms with van der Waals surface area (Å²) in [6, 6.07) is 9.27. The Morgan fingerprint density at radius 1 is 1.25 bits per heavy atom. The molecule has 0 saturated heterocycles. The summed E-state index contributed by atoms with van der Waals surface area (Å²) in [5.41, 5.74) is 11.3. The fourth-order valence-corrected chi connectivity index (χ4v) is 2.51. The smallest absolute Gasteiger partial charge is 0.242 e. The zero-order valence-corrected chi connectivity index (χ0v) is 11.9. The highest BCUT2D eigenvalue weighted by atomic mass is 16.5. The van der Waals surface area contributed by atoms with E-state index in [9.17, 15) is 4.79 Å². The Kier molecular flexibility index (Phi) is 5.15. The van der Waals surface area contributed by atoms with E-state index in [0.29, 0.717) is 13.0 Å². The van der Waals surface area contributed by atoms with Crippen molar-refractivity contribution in [3.63, 3.8) is 0 Å². The minimum atomic E-state index is -1.14. The predicted molar refractivity (Wildman–Crippen MR) is 78.9 cm³/mol. The third kappa shape index (κ3) is 3.58. The number of nitrogens with two attached hydrogens (primary N) is 2. The summed E-state index contributed by atoms with van der Waals surface area (Å²) < 4.78 is 5.62. The lowest BCUT2D eigenvalue weighted by Crippen LogP contribution is -2.49. The molecule has 1 amide bonds. The summed E-state index contributed by atoms with van der Waals surface area (Å²) in [6.07, 6.45) is 5.54. The fourth-order valence-electron chi connectivity index (χ4n) is 2.51. The lowest BCUT2D eigenvalue weighted by molar-refractivity contribution is -0.124. The van der Waals surface area contributed by atoms with Gasteiger partial charge < -0.3 is 16.2 Å². The highest BCUT2D eigenvalue weighted by Gasteiger charge is 2.33. The predicted octanol–water partition coefficient (Wildman–Crippen LogP) is 1.92. The van der Waals surface area contributed by atoms with Crippen LogP contribution in [0.15, 0.2) is 30.3 Å². The average Bonchev–Trinajstić information content (AvgIpc) is 2.41.